The van der Waals surface area contributed by atoms with Gasteiger partial charge in [0.1, 0.15) is 30.4 Å². The third-order valence-electron chi connectivity index (χ3n) is 5.56. The van der Waals surface area contributed by atoms with Crippen molar-refractivity contribution in [3.63, 3.8) is 0 Å². The van der Waals surface area contributed by atoms with Crippen LogP contribution in [0, 0.1) is 11.3 Å². The Morgan fingerprint density at radius 1 is 1.33 bits per heavy atom. The molecule has 166 valence electrons. The molecule has 0 aliphatic carbocycles. The molecule has 0 spiro atoms. The highest BCUT2D eigenvalue weighted by Gasteiger charge is 2.24. The maximum absolute atomic E-state index is 13.1. The number of likely N-dealkylation sites (N-methyl/N-ethyl adjacent to an activating group) is 1. The van der Waals surface area contributed by atoms with E-state index in [1.54, 1.807) is 44.7 Å². The highest BCUT2D eigenvalue weighted by atomic mass is 16.5. The molecule has 2 aliphatic rings. The number of hydrogen-bond acceptors (Lipinski definition) is 8. The lowest BCUT2D eigenvalue weighted by Gasteiger charge is -2.22. The van der Waals surface area contributed by atoms with Crippen molar-refractivity contribution in [2.45, 2.75) is 6.23 Å². The number of dihydropyridines is 1. The van der Waals surface area contributed by atoms with Gasteiger partial charge in [-0.25, -0.2) is 0 Å². The van der Waals surface area contributed by atoms with Gasteiger partial charge >= 0.3 is 0 Å². The van der Waals surface area contributed by atoms with Gasteiger partial charge in [-0.1, -0.05) is 0 Å². The number of aliphatic hydroxyl groups excluding tert-OH is 1. The Morgan fingerprint density at radius 2 is 2.18 bits per heavy atom. The number of carbonyl (C=O) groups excluding carboxylic acids is 1. The number of amides is 1. The molecule has 2 bridgehead atoms. The van der Waals surface area contributed by atoms with Crippen molar-refractivity contribution in [2.75, 3.05) is 20.2 Å². The molecule has 5 heterocycles. The monoisotopic (exact) mass is 444 g/mol. The molecule has 3 aromatic rings. The van der Waals surface area contributed by atoms with Crippen LogP contribution in [-0.2, 0) is 11.8 Å². The number of aromatic amines is 1. The number of H-pyrrole nitrogens is 1. The lowest BCUT2D eigenvalue weighted by molar-refractivity contribution is 0.0747. The van der Waals surface area contributed by atoms with E-state index in [4.69, 9.17) is 4.74 Å². The van der Waals surface area contributed by atoms with Crippen LogP contribution < -0.4 is 5.32 Å². The second-order valence-corrected chi connectivity index (χ2v) is 7.68. The standard InChI is InChI=1S/C22H20N8O3/c1-29-5-6-33-19-11-25-20(31)8-14(19)16-7-13-15(26-27-17(13)10-24-16)4-3-12-18(9-23)30(2)28-21(12)22(29)32/h3-4,7-8,10-11,20,25,31H,5-6H2,1-2H3,(H,26,27)/b4-3+. The Morgan fingerprint density at radius 3 is 3.00 bits per heavy atom. The van der Waals surface area contributed by atoms with Crippen molar-refractivity contribution in [1.82, 2.24) is 35.2 Å². The van der Waals surface area contributed by atoms with E-state index >= 15 is 0 Å². The van der Waals surface area contributed by atoms with Gasteiger partial charge in [-0.05, 0) is 24.3 Å². The first-order valence-electron chi connectivity index (χ1n) is 10.2. The van der Waals surface area contributed by atoms with Gasteiger partial charge in [0.2, 0.25) is 0 Å². The number of nitriles is 1. The number of pyridine rings is 1. The second kappa shape index (κ2) is 7.92. The van der Waals surface area contributed by atoms with Crippen LogP contribution in [0.15, 0.2) is 30.3 Å². The summed E-state index contributed by atoms with van der Waals surface area (Å²) in [6, 6.07) is 3.97. The molecule has 0 saturated carbocycles. The number of fused-ring (bicyclic) bond motifs is 4. The number of aryl methyl sites for hydroxylation is 1. The molecule has 11 nitrogen and oxygen atoms in total. The molecule has 33 heavy (non-hydrogen) atoms. The number of allylic oxidation sites excluding steroid dienone is 1. The maximum Gasteiger partial charge on any atom is 0.274 e. The van der Waals surface area contributed by atoms with E-state index in [0.29, 0.717) is 33.8 Å². The number of hydrogen-bond donors (Lipinski definition) is 3. The molecule has 3 N–H and O–H groups in total. The Kier molecular flexibility index (Phi) is 4.91. The lowest BCUT2D eigenvalue weighted by Crippen LogP contribution is -2.31. The van der Waals surface area contributed by atoms with Crippen LogP contribution in [0.5, 0.6) is 0 Å². The molecular formula is C22H20N8O3. The highest BCUT2D eigenvalue weighted by molar-refractivity contribution is 5.99. The average Bonchev–Trinajstić information content (AvgIpc) is 3.36. The molecule has 3 aromatic heterocycles. The highest BCUT2D eigenvalue weighted by Crippen LogP contribution is 2.29. The fraction of sp³-hybridized carbons (Fsp3) is 0.227. The number of ether oxygens (including phenoxy) is 1. The third-order valence-corrected chi connectivity index (χ3v) is 5.56. The first-order chi connectivity index (χ1) is 16.0. The van der Waals surface area contributed by atoms with Crippen molar-refractivity contribution in [1.29, 1.82) is 5.26 Å². The summed E-state index contributed by atoms with van der Waals surface area (Å²) in [4.78, 5) is 19.1. The van der Waals surface area contributed by atoms with E-state index in [0.717, 1.165) is 5.39 Å². The third kappa shape index (κ3) is 3.52. The van der Waals surface area contributed by atoms with Gasteiger partial charge in [-0.15, -0.1) is 0 Å². The minimum atomic E-state index is -0.884. The predicted octanol–water partition coefficient (Wildman–Crippen LogP) is 0.982. The van der Waals surface area contributed by atoms with Crippen LogP contribution in [0.3, 0.4) is 0 Å². The first-order valence-corrected chi connectivity index (χ1v) is 10.2. The molecule has 0 fully saturated rings. The summed E-state index contributed by atoms with van der Waals surface area (Å²) >= 11 is 0. The molecule has 1 unspecified atom stereocenters. The quantitative estimate of drug-likeness (QED) is 0.465. The van der Waals surface area contributed by atoms with Gasteiger partial charge in [0.25, 0.3) is 5.91 Å². The fourth-order valence-corrected chi connectivity index (χ4v) is 3.80. The summed E-state index contributed by atoms with van der Waals surface area (Å²) in [6.45, 7) is 0.480. The van der Waals surface area contributed by atoms with Gasteiger partial charge in [-0.2, -0.15) is 15.5 Å². The minimum Gasteiger partial charge on any atom is -0.490 e. The second-order valence-electron chi connectivity index (χ2n) is 7.68. The van der Waals surface area contributed by atoms with E-state index in [2.05, 4.69) is 31.7 Å². The van der Waals surface area contributed by atoms with Gasteiger partial charge < -0.3 is 20.1 Å². The molecule has 1 atom stereocenters. The number of rotatable bonds is 0. The molecule has 11 heteroatoms. The Hall–Kier alpha value is -4.43. The molecule has 1 amide bonds. The van der Waals surface area contributed by atoms with Gasteiger partial charge in [0.05, 0.1) is 29.6 Å². The van der Waals surface area contributed by atoms with Crippen molar-refractivity contribution in [3.05, 3.63) is 58.6 Å². The SMILES string of the molecule is CN1CCOC2=CNC(O)C=C2c2cc3c(n[nH]c3cn2)/C=C/c2c(nn(C)c2C#N)C1=O. The normalized spacial score (nSPS) is 19.3. The Labute approximate surface area is 188 Å². The Balaban J connectivity index is 1.69. The molecule has 2 aliphatic heterocycles. The van der Waals surface area contributed by atoms with Crippen LogP contribution in [-0.4, -0.2) is 67.3 Å². The van der Waals surface area contributed by atoms with E-state index in [1.807, 2.05) is 6.07 Å². The zero-order valence-corrected chi connectivity index (χ0v) is 17.9. The predicted molar refractivity (Wildman–Crippen MR) is 119 cm³/mol. The van der Waals surface area contributed by atoms with Gasteiger partial charge in [0.15, 0.2) is 5.69 Å². The Bertz CT molecular complexity index is 1400. The molecular weight excluding hydrogens is 424 g/mol. The smallest absolute Gasteiger partial charge is 0.274 e. The van der Waals surface area contributed by atoms with Gasteiger partial charge in [-0.3, -0.25) is 19.6 Å². The van der Waals surface area contributed by atoms with E-state index in [-0.39, 0.29) is 30.4 Å². The molecule has 5 rings (SSSR count). The van der Waals surface area contributed by atoms with Crippen LogP contribution in [0.4, 0.5) is 0 Å². The molecule has 0 saturated heterocycles. The number of carbonyl (C=O) groups is 1. The summed E-state index contributed by atoms with van der Waals surface area (Å²) in [5, 5.41) is 34.9. The van der Waals surface area contributed by atoms with Crippen molar-refractivity contribution in [3.8, 4) is 6.07 Å². The minimum absolute atomic E-state index is 0.173. The zero-order chi connectivity index (χ0) is 23.1. The van der Waals surface area contributed by atoms with E-state index in [9.17, 15) is 15.2 Å². The van der Waals surface area contributed by atoms with Gasteiger partial charge in [0, 0.05) is 36.8 Å². The number of nitrogens with zero attached hydrogens (tertiary/aromatic N) is 6. The van der Waals surface area contributed by atoms with Crippen LogP contribution in [0.2, 0.25) is 0 Å². The van der Waals surface area contributed by atoms with Crippen molar-refractivity contribution >= 4 is 34.5 Å². The van der Waals surface area contributed by atoms with Crippen LogP contribution in [0.1, 0.15) is 33.1 Å². The summed E-state index contributed by atoms with van der Waals surface area (Å²) in [7, 11) is 3.27. The number of nitrogens with one attached hydrogen (secondary N) is 2. The summed E-state index contributed by atoms with van der Waals surface area (Å²) in [5.41, 5.74) is 3.41. The first kappa shape index (κ1) is 20.5. The summed E-state index contributed by atoms with van der Waals surface area (Å²) < 4.78 is 7.34. The maximum atomic E-state index is 13.1. The average molecular weight is 444 g/mol. The van der Waals surface area contributed by atoms with Crippen LogP contribution >= 0.6 is 0 Å². The van der Waals surface area contributed by atoms with E-state index < -0.39 is 6.23 Å². The lowest BCUT2D eigenvalue weighted by atomic mass is 10.0. The molecule has 0 aromatic carbocycles. The zero-order valence-electron chi connectivity index (χ0n) is 17.9. The fourth-order valence-electron chi connectivity index (χ4n) is 3.80. The summed E-state index contributed by atoms with van der Waals surface area (Å²) in [5.74, 6) is 0.162. The van der Waals surface area contributed by atoms with Crippen molar-refractivity contribution in [2.24, 2.45) is 7.05 Å². The number of aromatic nitrogens is 5. The molecule has 0 radical (unpaired) electrons. The van der Waals surface area contributed by atoms with Crippen molar-refractivity contribution < 1.29 is 14.6 Å². The number of aliphatic hydroxyl groups is 1. The summed E-state index contributed by atoms with van der Waals surface area (Å²) in [6.07, 6.45) is 7.38. The topological polar surface area (TPSA) is 145 Å². The van der Waals surface area contributed by atoms with Crippen LogP contribution in [0.25, 0.3) is 28.6 Å². The largest absolute Gasteiger partial charge is 0.490 e. The van der Waals surface area contributed by atoms with E-state index in [1.165, 1.54) is 9.58 Å².